The lowest BCUT2D eigenvalue weighted by Gasteiger charge is -2.28. The number of ether oxygens (including phenoxy) is 2. The van der Waals surface area contributed by atoms with Gasteiger partial charge in [0.05, 0.1) is 41.6 Å². The van der Waals surface area contributed by atoms with Crippen LogP contribution >= 0.6 is 0 Å². The van der Waals surface area contributed by atoms with Crippen LogP contribution in [0, 0.1) is 28.7 Å². The summed E-state index contributed by atoms with van der Waals surface area (Å²) in [7, 11) is 0. The van der Waals surface area contributed by atoms with Gasteiger partial charge in [-0.3, -0.25) is 4.98 Å². The van der Waals surface area contributed by atoms with Crippen molar-refractivity contribution in [2.75, 3.05) is 13.2 Å². The fourth-order valence-electron chi connectivity index (χ4n) is 5.58. The number of benzene rings is 2. The van der Waals surface area contributed by atoms with Crippen LogP contribution in [-0.2, 0) is 23.9 Å². The lowest BCUT2D eigenvalue weighted by molar-refractivity contribution is -0.138. The minimum absolute atomic E-state index is 0.0586. The Kier molecular flexibility index (Phi) is 8.35. The minimum atomic E-state index is -4.78. The van der Waals surface area contributed by atoms with Gasteiger partial charge >= 0.3 is 12.1 Å². The molecule has 0 bridgehead atoms. The zero-order chi connectivity index (χ0) is 34.5. The summed E-state index contributed by atoms with van der Waals surface area (Å²) in [6.07, 6.45) is -4.60. The van der Waals surface area contributed by atoms with Crippen molar-refractivity contribution < 1.29 is 50.1 Å². The van der Waals surface area contributed by atoms with Gasteiger partial charge in [-0.25, -0.2) is 32.3 Å². The monoisotopic (exact) mass is 674 g/mol. The highest BCUT2D eigenvalue weighted by atomic mass is 19.4. The number of carboxylic acids is 1. The first-order chi connectivity index (χ1) is 22.6. The average molecular weight is 675 g/mol. The molecule has 0 spiro atoms. The first-order valence-corrected chi connectivity index (χ1v) is 14.4. The molecule has 0 saturated carbocycles. The summed E-state index contributed by atoms with van der Waals surface area (Å²) in [5.41, 5.74) is -2.86. The van der Waals surface area contributed by atoms with Crippen LogP contribution in [0.3, 0.4) is 0 Å². The van der Waals surface area contributed by atoms with Crippen LogP contribution in [0.25, 0.3) is 22.3 Å². The van der Waals surface area contributed by atoms with Gasteiger partial charge in [0.1, 0.15) is 41.1 Å². The highest BCUT2D eigenvalue weighted by Gasteiger charge is 2.39. The number of rotatable bonds is 8. The van der Waals surface area contributed by atoms with Crippen LogP contribution in [0.2, 0.25) is 0 Å². The third-order valence-electron chi connectivity index (χ3n) is 8.12. The van der Waals surface area contributed by atoms with Gasteiger partial charge < -0.3 is 19.1 Å². The Balaban J connectivity index is 1.30. The number of carbonyl (C=O) groups is 1. The summed E-state index contributed by atoms with van der Waals surface area (Å²) >= 11 is 0. The van der Waals surface area contributed by atoms with Crippen molar-refractivity contribution >= 4 is 17.0 Å². The van der Waals surface area contributed by atoms with Crippen LogP contribution in [-0.4, -0.2) is 43.8 Å². The SMILES string of the molecule is CC1(C)COCC1n1c(Cc2cc(F)c(-c3cccc(OCc4ncc(C(F)(F)F)cc4F)n3)cc2F)nc2c(F)cc(C(=O)O)cc21. The van der Waals surface area contributed by atoms with Gasteiger partial charge in [-0.15, -0.1) is 0 Å². The van der Waals surface area contributed by atoms with Crippen LogP contribution in [0.1, 0.15) is 52.9 Å². The third-order valence-corrected chi connectivity index (χ3v) is 8.12. The molecule has 1 aliphatic heterocycles. The van der Waals surface area contributed by atoms with Crippen LogP contribution < -0.4 is 4.74 Å². The van der Waals surface area contributed by atoms with Gasteiger partial charge in [0.2, 0.25) is 5.88 Å². The number of nitrogens with zero attached hydrogens (tertiary/aromatic N) is 4. The molecule has 48 heavy (non-hydrogen) atoms. The molecule has 8 nitrogen and oxygen atoms in total. The maximum atomic E-state index is 15.6. The molecular formula is C33H25F7N4O4. The Morgan fingerprint density at radius 3 is 2.46 bits per heavy atom. The van der Waals surface area contributed by atoms with E-state index < -0.39 is 64.7 Å². The third kappa shape index (κ3) is 6.29. The largest absolute Gasteiger partial charge is 0.478 e. The molecule has 250 valence electrons. The topological polar surface area (TPSA) is 99.4 Å². The van der Waals surface area contributed by atoms with E-state index in [-0.39, 0.29) is 64.2 Å². The maximum absolute atomic E-state index is 15.6. The number of imidazole rings is 1. The van der Waals surface area contributed by atoms with Gasteiger partial charge in [-0.1, -0.05) is 19.9 Å². The van der Waals surface area contributed by atoms with Crippen molar-refractivity contribution in [3.63, 3.8) is 0 Å². The van der Waals surface area contributed by atoms with Gasteiger partial charge in [0, 0.05) is 29.7 Å². The van der Waals surface area contributed by atoms with Crippen molar-refractivity contribution in [1.82, 2.24) is 19.5 Å². The van der Waals surface area contributed by atoms with Gasteiger partial charge in [0.25, 0.3) is 0 Å². The fourth-order valence-corrected chi connectivity index (χ4v) is 5.58. The van der Waals surface area contributed by atoms with E-state index >= 15 is 13.2 Å². The molecule has 1 saturated heterocycles. The zero-order valence-electron chi connectivity index (χ0n) is 25.2. The molecule has 2 aromatic carbocycles. The molecule has 1 unspecified atom stereocenters. The number of alkyl halides is 3. The first-order valence-electron chi connectivity index (χ1n) is 14.4. The highest BCUT2D eigenvalue weighted by Crippen LogP contribution is 2.41. The number of aromatic nitrogens is 4. The second kappa shape index (κ2) is 12.2. The number of hydrogen-bond donors (Lipinski definition) is 1. The highest BCUT2D eigenvalue weighted by molar-refractivity contribution is 5.93. The molecule has 0 radical (unpaired) electrons. The smallest absolute Gasteiger partial charge is 0.417 e. The van der Waals surface area contributed by atoms with Gasteiger partial charge in [0.15, 0.2) is 5.82 Å². The van der Waals surface area contributed by atoms with Gasteiger partial charge in [-0.2, -0.15) is 13.2 Å². The quantitative estimate of drug-likeness (QED) is 0.170. The zero-order valence-corrected chi connectivity index (χ0v) is 25.2. The molecule has 1 atom stereocenters. The van der Waals surface area contributed by atoms with Crippen molar-refractivity contribution in [1.29, 1.82) is 0 Å². The van der Waals surface area contributed by atoms with Crippen LogP contribution in [0.15, 0.2) is 54.7 Å². The molecule has 1 aliphatic rings. The summed E-state index contributed by atoms with van der Waals surface area (Å²) in [6, 6.07) is 7.96. The van der Waals surface area contributed by atoms with Gasteiger partial charge in [-0.05, 0) is 42.0 Å². The molecule has 6 rings (SSSR count). The Hall–Kier alpha value is -5.05. The van der Waals surface area contributed by atoms with E-state index in [1.54, 1.807) is 4.57 Å². The lowest BCUT2D eigenvalue weighted by Crippen LogP contribution is -2.27. The summed E-state index contributed by atoms with van der Waals surface area (Å²) in [5, 5.41) is 9.52. The van der Waals surface area contributed by atoms with Crippen molar-refractivity contribution in [2.24, 2.45) is 5.41 Å². The number of pyridine rings is 2. The predicted molar refractivity (Wildman–Crippen MR) is 156 cm³/mol. The average Bonchev–Trinajstić information content (AvgIpc) is 3.55. The lowest BCUT2D eigenvalue weighted by atomic mass is 9.87. The molecule has 0 aliphatic carbocycles. The minimum Gasteiger partial charge on any atom is -0.478 e. The molecular weight excluding hydrogens is 649 g/mol. The van der Waals surface area contributed by atoms with E-state index in [9.17, 15) is 27.5 Å². The Morgan fingerprint density at radius 2 is 1.79 bits per heavy atom. The first kappa shape index (κ1) is 32.9. The number of aromatic carboxylic acids is 1. The number of hydrogen-bond acceptors (Lipinski definition) is 6. The Labute approximate surface area is 267 Å². The van der Waals surface area contributed by atoms with E-state index in [0.29, 0.717) is 12.8 Å². The second-order valence-corrected chi connectivity index (χ2v) is 11.9. The Morgan fingerprint density at radius 1 is 1.02 bits per heavy atom. The molecule has 4 heterocycles. The van der Waals surface area contributed by atoms with E-state index in [1.807, 2.05) is 13.8 Å². The summed E-state index contributed by atoms with van der Waals surface area (Å²) in [5.74, 6) is -5.18. The number of halogens is 7. The molecule has 15 heteroatoms. The molecule has 1 N–H and O–H groups in total. The van der Waals surface area contributed by atoms with Crippen molar-refractivity contribution in [2.45, 2.75) is 39.1 Å². The van der Waals surface area contributed by atoms with E-state index in [4.69, 9.17) is 9.47 Å². The van der Waals surface area contributed by atoms with Crippen LogP contribution in [0.5, 0.6) is 5.88 Å². The second-order valence-electron chi connectivity index (χ2n) is 11.9. The summed E-state index contributed by atoms with van der Waals surface area (Å²) in [4.78, 5) is 23.7. The maximum Gasteiger partial charge on any atom is 0.417 e. The van der Waals surface area contributed by atoms with Crippen molar-refractivity contribution in [3.8, 4) is 17.1 Å². The molecule has 3 aromatic heterocycles. The van der Waals surface area contributed by atoms with E-state index in [2.05, 4.69) is 15.0 Å². The number of fused-ring (bicyclic) bond motifs is 1. The standard InChI is InChI=1S/C33H25F7N4O4/c1-32(2)15-47-14-27(32)44-26-8-17(31(45)46)7-23(37)30(26)43-28(44)9-16-6-21(35)19(11-20(16)34)24-4-3-5-29(42-24)48-13-25-22(36)10-18(12-41-25)33(38,39)40/h3-8,10-12,27H,9,13-15H2,1-2H3,(H,45,46). The fraction of sp³-hybridized carbons (Fsp3) is 0.273. The summed E-state index contributed by atoms with van der Waals surface area (Å²) < 4.78 is 112. The van der Waals surface area contributed by atoms with E-state index in [0.717, 1.165) is 18.2 Å². The Bertz CT molecular complexity index is 2060. The molecule has 5 aromatic rings. The predicted octanol–water partition coefficient (Wildman–Crippen LogP) is 7.53. The molecule has 0 amide bonds. The normalized spacial score (nSPS) is 16.1. The molecule has 1 fully saturated rings. The van der Waals surface area contributed by atoms with Crippen LogP contribution in [0.4, 0.5) is 30.7 Å². The summed E-state index contributed by atoms with van der Waals surface area (Å²) in [6.45, 7) is 3.78. The van der Waals surface area contributed by atoms with E-state index in [1.165, 1.54) is 24.3 Å². The van der Waals surface area contributed by atoms with Crippen molar-refractivity contribution in [3.05, 3.63) is 106 Å². The number of carboxylic acid groups (broad SMARTS) is 1.